The summed E-state index contributed by atoms with van der Waals surface area (Å²) in [5.74, 6) is 2.83. The molecular formula is C29H48O4. The second-order valence-corrected chi connectivity index (χ2v) is 14.2. The van der Waals surface area contributed by atoms with Gasteiger partial charge in [-0.2, -0.15) is 0 Å². The molecular weight excluding hydrogens is 412 g/mol. The van der Waals surface area contributed by atoms with Crippen LogP contribution in [0.15, 0.2) is 11.6 Å². The highest BCUT2D eigenvalue weighted by molar-refractivity contribution is 5.29. The van der Waals surface area contributed by atoms with Gasteiger partial charge in [-0.25, -0.2) is 0 Å². The molecule has 188 valence electrons. The summed E-state index contributed by atoms with van der Waals surface area (Å²) in [4.78, 5) is 0. The lowest BCUT2D eigenvalue weighted by atomic mass is 9.43. The van der Waals surface area contributed by atoms with Gasteiger partial charge < -0.3 is 20.1 Å². The molecule has 3 N–H and O–H groups in total. The van der Waals surface area contributed by atoms with Crippen molar-refractivity contribution in [3.63, 3.8) is 0 Å². The summed E-state index contributed by atoms with van der Waals surface area (Å²) in [7, 11) is 0. The van der Waals surface area contributed by atoms with E-state index < -0.39 is 17.8 Å². The molecule has 0 amide bonds. The molecule has 10 atom stereocenters. The fraction of sp³-hybridized carbons (Fsp3) is 0.931. The SMILES string of the molecule is CC(C)(O)C1OCC(C2CCC3C4=CCC5C(C)(C)C(O)CCC5(C)C4CCC32C)CC1O. The van der Waals surface area contributed by atoms with Crippen molar-refractivity contribution in [1.82, 2.24) is 0 Å². The van der Waals surface area contributed by atoms with Crippen molar-refractivity contribution < 1.29 is 20.1 Å². The molecule has 1 aliphatic heterocycles. The van der Waals surface area contributed by atoms with Gasteiger partial charge in [-0.1, -0.05) is 39.3 Å². The first kappa shape index (κ1) is 24.3. The van der Waals surface area contributed by atoms with Crippen LogP contribution in [0.3, 0.4) is 0 Å². The molecule has 4 heteroatoms. The predicted molar refractivity (Wildman–Crippen MR) is 131 cm³/mol. The van der Waals surface area contributed by atoms with Crippen LogP contribution < -0.4 is 0 Å². The summed E-state index contributed by atoms with van der Waals surface area (Å²) < 4.78 is 6.09. The van der Waals surface area contributed by atoms with Gasteiger partial charge in [-0.15, -0.1) is 0 Å². The van der Waals surface area contributed by atoms with E-state index in [-0.39, 0.29) is 16.9 Å². The van der Waals surface area contributed by atoms with E-state index in [1.54, 1.807) is 19.4 Å². The summed E-state index contributed by atoms with van der Waals surface area (Å²) in [6.07, 6.45) is 10.3. The molecule has 0 aromatic carbocycles. The minimum atomic E-state index is -1.01. The molecule has 0 aromatic rings. The van der Waals surface area contributed by atoms with Gasteiger partial charge in [-0.3, -0.25) is 0 Å². The average molecular weight is 461 g/mol. The Balaban J connectivity index is 1.38. The van der Waals surface area contributed by atoms with Gasteiger partial charge in [0.2, 0.25) is 0 Å². The van der Waals surface area contributed by atoms with Gasteiger partial charge >= 0.3 is 0 Å². The third-order valence-corrected chi connectivity index (χ3v) is 11.7. The number of allylic oxidation sites excluding steroid dienone is 2. The van der Waals surface area contributed by atoms with Crippen molar-refractivity contribution >= 4 is 0 Å². The average Bonchev–Trinajstić information content (AvgIpc) is 3.07. The number of aliphatic hydroxyl groups is 3. The Labute approximate surface area is 201 Å². The lowest BCUT2D eigenvalue weighted by Crippen LogP contribution is -2.56. The highest BCUT2D eigenvalue weighted by atomic mass is 16.5. The Morgan fingerprint density at radius 1 is 0.939 bits per heavy atom. The molecule has 0 radical (unpaired) electrons. The molecule has 1 saturated heterocycles. The van der Waals surface area contributed by atoms with Gasteiger partial charge in [-0.05, 0) is 111 Å². The van der Waals surface area contributed by atoms with E-state index in [4.69, 9.17) is 4.74 Å². The van der Waals surface area contributed by atoms with E-state index in [1.807, 2.05) is 0 Å². The summed E-state index contributed by atoms with van der Waals surface area (Å²) in [5.41, 5.74) is 1.30. The van der Waals surface area contributed by atoms with E-state index >= 15 is 0 Å². The highest BCUT2D eigenvalue weighted by Crippen LogP contribution is 2.69. The first-order valence-electron chi connectivity index (χ1n) is 13.7. The van der Waals surface area contributed by atoms with E-state index in [0.29, 0.717) is 41.6 Å². The number of ether oxygens (including phenoxy) is 1. The van der Waals surface area contributed by atoms with Gasteiger partial charge in [0.05, 0.1) is 24.4 Å². The summed E-state index contributed by atoms with van der Waals surface area (Å²) in [6.45, 7) is 13.8. The molecule has 4 aliphatic carbocycles. The van der Waals surface area contributed by atoms with E-state index in [1.165, 1.54) is 25.7 Å². The van der Waals surface area contributed by atoms with Crippen LogP contribution in [0, 0.1) is 45.8 Å². The van der Waals surface area contributed by atoms with Crippen LogP contribution in [-0.4, -0.2) is 45.8 Å². The van der Waals surface area contributed by atoms with Crippen molar-refractivity contribution in [2.24, 2.45) is 45.8 Å². The van der Waals surface area contributed by atoms with E-state index in [9.17, 15) is 15.3 Å². The Morgan fingerprint density at radius 2 is 1.61 bits per heavy atom. The van der Waals surface area contributed by atoms with Crippen LogP contribution in [-0.2, 0) is 4.74 Å². The van der Waals surface area contributed by atoms with Crippen LogP contribution in [0.5, 0.6) is 0 Å². The summed E-state index contributed by atoms with van der Waals surface area (Å²) in [5, 5.41) is 32.0. The fourth-order valence-electron chi connectivity index (χ4n) is 9.92. The lowest BCUT2D eigenvalue weighted by Gasteiger charge is -2.62. The van der Waals surface area contributed by atoms with Gasteiger partial charge in [0.1, 0.15) is 6.10 Å². The molecule has 4 nitrogen and oxygen atoms in total. The largest absolute Gasteiger partial charge is 0.393 e. The number of hydrogen-bond donors (Lipinski definition) is 3. The van der Waals surface area contributed by atoms with E-state index in [2.05, 4.69) is 33.8 Å². The molecule has 10 unspecified atom stereocenters. The maximum absolute atomic E-state index is 10.8. The second-order valence-electron chi connectivity index (χ2n) is 14.2. The standard InChI is InChI=1S/C29H48O4/c1-26(2)23-10-7-18-20-9-8-19(17-15-22(30)25(33-16-17)27(3,4)32)28(20,5)13-11-21(18)29(23,6)14-12-24(26)31/h7,17,19-25,30-32H,8-16H2,1-6H3. The zero-order chi connectivity index (χ0) is 24.0. The number of hydrogen-bond acceptors (Lipinski definition) is 4. The first-order chi connectivity index (χ1) is 15.3. The van der Waals surface area contributed by atoms with E-state index in [0.717, 1.165) is 25.7 Å². The lowest BCUT2D eigenvalue weighted by molar-refractivity contribution is -0.186. The Kier molecular flexibility index (Phi) is 5.73. The minimum absolute atomic E-state index is 0.0133. The number of rotatable bonds is 2. The van der Waals surface area contributed by atoms with Gasteiger partial charge in [0, 0.05) is 0 Å². The smallest absolute Gasteiger partial charge is 0.111 e. The zero-order valence-electron chi connectivity index (χ0n) is 21.8. The topological polar surface area (TPSA) is 69.9 Å². The molecule has 5 aliphatic rings. The van der Waals surface area contributed by atoms with Crippen molar-refractivity contribution in [3.8, 4) is 0 Å². The molecule has 5 rings (SSSR count). The van der Waals surface area contributed by atoms with Crippen LogP contribution >= 0.6 is 0 Å². The monoisotopic (exact) mass is 460 g/mol. The maximum atomic E-state index is 10.8. The minimum Gasteiger partial charge on any atom is -0.393 e. The van der Waals surface area contributed by atoms with Crippen LogP contribution in [0.1, 0.15) is 92.9 Å². The highest BCUT2D eigenvalue weighted by Gasteiger charge is 2.61. The van der Waals surface area contributed by atoms with Crippen molar-refractivity contribution in [2.45, 2.75) is 117 Å². The Hall–Kier alpha value is -0.420. The van der Waals surface area contributed by atoms with Crippen LogP contribution in [0.4, 0.5) is 0 Å². The zero-order valence-corrected chi connectivity index (χ0v) is 21.8. The summed E-state index contributed by atoms with van der Waals surface area (Å²) >= 11 is 0. The molecule has 3 saturated carbocycles. The molecule has 1 heterocycles. The van der Waals surface area contributed by atoms with Crippen LogP contribution in [0.2, 0.25) is 0 Å². The van der Waals surface area contributed by atoms with Gasteiger partial charge in [0.25, 0.3) is 0 Å². The molecule has 0 spiro atoms. The maximum Gasteiger partial charge on any atom is 0.111 e. The molecule has 33 heavy (non-hydrogen) atoms. The van der Waals surface area contributed by atoms with Crippen molar-refractivity contribution in [2.75, 3.05) is 6.61 Å². The quantitative estimate of drug-likeness (QED) is 0.502. The van der Waals surface area contributed by atoms with Crippen molar-refractivity contribution in [1.29, 1.82) is 0 Å². The summed E-state index contributed by atoms with van der Waals surface area (Å²) in [6, 6.07) is 0. The second kappa shape index (κ2) is 7.79. The molecule has 0 aromatic heterocycles. The third kappa shape index (κ3) is 3.52. The first-order valence-corrected chi connectivity index (χ1v) is 13.7. The van der Waals surface area contributed by atoms with Gasteiger partial charge in [0.15, 0.2) is 0 Å². The number of aliphatic hydroxyl groups excluding tert-OH is 2. The normalized spacial score (nSPS) is 51.8. The fourth-order valence-corrected chi connectivity index (χ4v) is 9.92. The predicted octanol–water partition coefficient (Wildman–Crippen LogP) is 5.10. The molecule has 0 bridgehead atoms. The Bertz CT molecular complexity index is 796. The Morgan fingerprint density at radius 3 is 2.27 bits per heavy atom. The third-order valence-electron chi connectivity index (χ3n) is 11.7. The molecule has 4 fully saturated rings. The van der Waals surface area contributed by atoms with Crippen LogP contribution in [0.25, 0.3) is 0 Å². The van der Waals surface area contributed by atoms with Crippen molar-refractivity contribution in [3.05, 3.63) is 11.6 Å². The number of fused-ring (bicyclic) bond motifs is 5.